The van der Waals surface area contributed by atoms with Crippen molar-refractivity contribution < 1.29 is 4.79 Å². The van der Waals surface area contributed by atoms with Crippen LogP contribution in [-0.4, -0.2) is 37.1 Å². The van der Waals surface area contributed by atoms with Gasteiger partial charge in [0.05, 0.1) is 11.6 Å². The molecular weight excluding hydrogens is 264 g/mol. The summed E-state index contributed by atoms with van der Waals surface area (Å²) in [6.45, 7) is 8.51. The van der Waals surface area contributed by atoms with Crippen molar-refractivity contribution in [3.63, 3.8) is 0 Å². The highest BCUT2D eigenvalue weighted by atomic mass is 16.2. The highest BCUT2D eigenvalue weighted by Gasteiger charge is 2.02. The number of carbonyl (C=O) groups is 1. The molecule has 114 valence electrons. The van der Waals surface area contributed by atoms with Crippen LogP contribution in [0, 0.1) is 11.3 Å². The van der Waals surface area contributed by atoms with Gasteiger partial charge in [0.2, 0.25) is 0 Å². The number of nitrogens with zero attached hydrogens (tertiary/aromatic N) is 2. The fraction of sp³-hybridized carbons (Fsp3) is 0.500. The first kappa shape index (κ1) is 17.0. The van der Waals surface area contributed by atoms with Crippen molar-refractivity contribution in [3.05, 3.63) is 35.4 Å². The second-order valence-corrected chi connectivity index (χ2v) is 4.80. The molecule has 5 nitrogen and oxygen atoms in total. The molecule has 21 heavy (non-hydrogen) atoms. The largest absolute Gasteiger partial charge is 0.338 e. The van der Waals surface area contributed by atoms with Gasteiger partial charge in [-0.1, -0.05) is 26.0 Å². The molecule has 0 radical (unpaired) electrons. The molecule has 0 fully saturated rings. The third-order valence-corrected chi connectivity index (χ3v) is 3.37. The standard InChI is InChI=1S/C16H24N4O/c1-3-20(4-2)11-5-10-18-16(21)19-13-15-8-6-14(12-17)7-9-15/h6-9H,3-5,10-11,13H2,1-2H3,(H2,18,19,21). The summed E-state index contributed by atoms with van der Waals surface area (Å²) in [7, 11) is 0. The number of nitrogens with one attached hydrogen (secondary N) is 2. The summed E-state index contributed by atoms with van der Waals surface area (Å²) in [4.78, 5) is 14.0. The molecular formula is C16H24N4O. The van der Waals surface area contributed by atoms with Gasteiger partial charge in [0.25, 0.3) is 0 Å². The van der Waals surface area contributed by atoms with E-state index in [2.05, 4.69) is 35.5 Å². The molecule has 0 spiro atoms. The number of carbonyl (C=O) groups excluding carboxylic acids is 1. The number of hydrogen-bond donors (Lipinski definition) is 2. The quantitative estimate of drug-likeness (QED) is 0.720. The molecule has 2 N–H and O–H groups in total. The predicted octanol–water partition coefficient (Wildman–Crippen LogP) is 2.09. The van der Waals surface area contributed by atoms with Crippen LogP contribution < -0.4 is 10.6 Å². The maximum absolute atomic E-state index is 11.6. The van der Waals surface area contributed by atoms with Gasteiger partial charge in [-0.15, -0.1) is 0 Å². The molecule has 1 aromatic carbocycles. The van der Waals surface area contributed by atoms with Crippen LogP contribution in [0.1, 0.15) is 31.4 Å². The third-order valence-electron chi connectivity index (χ3n) is 3.37. The van der Waals surface area contributed by atoms with E-state index < -0.39 is 0 Å². The maximum atomic E-state index is 11.6. The molecule has 0 heterocycles. The zero-order valence-corrected chi connectivity index (χ0v) is 12.9. The lowest BCUT2D eigenvalue weighted by Gasteiger charge is -2.17. The molecule has 1 rings (SSSR count). The van der Waals surface area contributed by atoms with Gasteiger partial charge in [-0.25, -0.2) is 4.79 Å². The number of hydrogen-bond acceptors (Lipinski definition) is 3. The Morgan fingerprint density at radius 1 is 1.19 bits per heavy atom. The zero-order valence-electron chi connectivity index (χ0n) is 12.9. The Hall–Kier alpha value is -2.06. The van der Waals surface area contributed by atoms with Crippen molar-refractivity contribution in [3.8, 4) is 6.07 Å². The van der Waals surface area contributed by atoms with Crippen LogP contribution in [0.3, 0.4) is 0 Å². The monoisotopic (exact) mass is 288 g/mol. The zero-order chi connectivity index (χ0) is 15.5. The molecule has 0 bridgehead atoms. The molecule has 0 aliphatic heterocycles. The van der Waals surface area contributed by atoms with E-state index in [0.29, 0.717) is 18.7 Å². The molecule has 5 heteroatoms. The molecule has 0 saturated carbocycles. The van der Waals surface area contributed by atoms with Crippen LogP contribution in [0.4, 0.5) is 4.79 Å². The lowest BCUT2D eigenvalue weighted by Crippen LogP contribution is -2.36. The van der Waals surface area contributed by atoms with Gasteiger partial charge in [-0.05, 0) is 43.8 Å². The number of benzene rings is 1. The Balaban J connectivity index is 2.17. The minimum atomic E-state index is -0.154. The first-order valence-electron chi connectivity index (χ1n) is 7.42. The molecule has 0 aliphatic carbocycles. The van der Waals surface area contributed by atoms with Crippen molar-refractivity contribution in [2.24, 2.45) is 0 Å². The van der Waals surface area contributed by atoms with E-state index in [9.17, 15) is 4.79 Å². The lowest BCUT2D eigenvalue weighted by molar-refractivity contribution is 0.239. The van der Waals surface area contributed by atoms with Crippen molar-refractivity contribution in [1.29, 1.82) is 5.26 Å². The summed E-state index contributed by atoms with van der Waals surface area (Å²) < 4.78 is 0. The average Bonchev–Trinajstić information content (AvgIpc) is 2.53. The smallest absolute Gasteiger partial charge is 0.315 e. The van der Waals surface area contributed by atoms with E-state index >= 15 is 0 Å². The van der Waals surface area contributed by atoms with Crippen LogP contribution in [0.2, 0.25) is 0 Å². The van der Waals surface area contributed by atoms with E-state index in [-0.39, 0.29) is 6.03 Å². The fourth-order valence-electron chi connectivity index (χ4n) is 1.99. The highest BCUT2D eigenvalue weighted by molar-refractivity contribution is 5.73. The number of rotatable bonds is 8. The van der Waals surface area contributed by atoms with E-state index in [0.717, 1.165) is 31.6 Å². The van der Waals surface area contributed by atoms with Gasteiger partial charge >= 0.3 is 6.03 Å². The molecule has 0 unspecified atom stereocenters. The van der Waals surface area contributed by atoms with E-state index in [4.69, 9.17) is 5.26 Å². The van der Waals surface area contributed by atoms with Gasteiger partial charge in [0.15, 0.2) is 0 Å². The van der Waals surface area contributed by atoms with Crippen LogP contribution in [0.15, 0.2) is 24.3 Å². The van der Waals surface area contributed by atoms with Crippen LogP contribution in [-0.2, 0) is 6.54 Å². The second kappa shape index (κ2) is 9.78. The van der Waals surface area contributed by atoms with Gasteiger partial charge in [-0.3, -0.25) is 0 Å². The SMILES string of the molecule is CCN(CC)CCCNC(=O)NCc1ccc(C#N)cc1. The lowest BCUT2D eigenvalue weighted by atomic mass is 10.1. The summed E-state index contributed by atoms with van der Waals surface area (Å²) in [5.74, 6) is 0. The molecule has 0 aromatic heterocycles. The van der Waals surface area contributed by atoms with Crippen LogP contribution >= 0.6 is 0 Å². The van der Waals surface area contributed by atoms with E-state index in [1.54, 1.807) is 12.1 Å². The van der Waals surface area contributed by atoms with E-state index in [1.807, 2.05) is 12.1 Å². The Bertz CT molecular complexity index is 460. The maximum Gasteiger partial charge on any atom is 0.315 e. The highest BCUT2D eigenvalue weighted by Crippen LogP contribution is 2.02. The van der Waals surface area contributed by atoms with E-state index in [1.165, 1.54) is 0 Å². The molecule has 1 aromatic rings. The number of urea groups is 1. The molecule has 0 aliphatic rings. The Kier molecular flexibility index (Phi) is 7.92. The normalized spacial score (nSPS) is 10.2. The number of amides is 2. The second-order valence-electron chi connectivity index (χ2n) is 4.80. The average molecular weight is 288 g/mol. The van der Waals surface area contributed by atoms with Crippen LogP contribution in [0.5, 0.6) is 0 Å². The van der Waals surface area contributed by atoms with Crippen molar-refractivity contribution in [2.45, 2.75) is 26.8 Å². The third kappa shape index (κ3) is 6.77. The minimum absolute atomic E-state index is 0.154. The minimum Gasteiger partial charge on any atom is -0.338 e. The molecule has 0 saturated heterocycles. The summed E-state index contributed by atoms with van der Waals surface area (Å²) in [6, 6.07) is 9.11. The van der Waals surface area contributed by atoms with Gasteiger partial charge < -0.3 is 15.5 Å². The Morgan fingerprint density at radius 2 is 1.86 bits per heavy atom. The predicted molar refractivity (Wildman–Crippen MR) is 83.8 cm³/mol. The van der Waals surface area contributed by atoms with Gasteiger partial charge in [0.1, 0.15) is 0 Å². The van der Waals surface area contributed by atoms with Crippen molar-refractivity contribution in [1.82, 2.24) is 15.5 Å². The summed E-state index contributed by atoms with van der Waals surface area (Å²) >= 11 is 0. The summed E-state index contributed by atoms with van der Waals surface area (Å²) in [5.41, 5.74) is 1.60. The first-order valence-corrected chi connectivity index (χ1v) is 7.42. The number of nitriles is 1. The van der Waals surface area contributed by atoms with Crippen LogP contribution in [0.25, 0.3) is 0 Å². The topological polar surface area (TPSA) is 68.2 Å². The Morgan fingerprint density at radius 3 is 2.43 bits per heavy atom. The summed E-state index contributed by atoms with van der Waals surface area (Å²) in [5, 5.41) is 14.4. The molecule has 0 atom stereocenters. The Labute approximate surface area is 126 Å². The van der Waals surface area contributed by atoms with Gasteiger partial charge in [0, 0.05) is 13.1 Å². The molecule has 2 amide bonds. The van der Waals surface area contributed by atoms with Crippen molar-refractivity contribution >= 4 is 6.03 Å². The first-order chi connectivity index (χ1) is 10.2. The summed E-state index contributed by atoms with van der Waals surface area (Å²) in [6.07, 6.45) is 0.950. The fourth-order valence-corrected chi connectivity index (χ4v) is 1.99. The van der Waals surface area contributed by atoms with Crippen molar-refractivity contribution in [2.75, 3.05) is 26.2 Å². The van der Waals surface area contributed by atoms with Gasteiger partial charge in [-0.2, -0.15) is 5.26 Å².